The third-order valence-electron chi connectivity index (χ3n) is 3.81. The van der Waals surface area contributed by atoms with E-state index in [1.165, 1.54) is 4.90 Å². The molecule has 0 spiro atoms. The van der Waals surface area contributed by atoms with Crippen LogP contribution in [0.3, 0.4) is 0 Å². The van der Waals surface area contributed by atoms with Gasteiger partial charge in [-0.1, -0.05) is 50.2 Å². The molecule has 0 aromatic heterocycles. The number of rotatable bonds is 3. The van der Waals surface area contributed by atoms with E-state index in [-0.39, 0.29) is 5.92 Å². The van der Waals surface area contributed by atoms with Crippen molar-refractivity contribution in [1.82, 2.24) is 0 Å². The number of hydrogen-bond acceptors (Lipinski definition) is 2. The van der Waals surface area contributed by atoms with Crippen LogP contribution in [0.15, 0.2) is 48.5 Å². The summed E-state index contributed by atoms with van der Waals surface area (Å²) in [6, 6.07) is 15.0. The molecule has 0 saturated carbocycles. The average molecular weight is 310 g/mol. The van der Waals surface area contributed by atoms with E-state index >= 15 is 0 Å². The second-order valence-corrected chi connectivity index (χ2v) is 5.85. The highest BCUT2D eigenvalue weighted by atomic mass is 16.2. The Morgan fingerprint density at radius 1 is 1.00 bits per heavy atom. The summed E-state index contributed by atoms with van der Waals surface area (Å²) in [5, 5.41) is 2.78. The smallest absolute Gasteiger partial charge is 0.316 e. The topological polar surface area (TPSA) is 49.4 Å². The first-order valence-corrected chi connectivity index (χ1v) is 7.65. The molecule has 2 aromatic rings. The molecule has 0 atom stereocenters. The number of likely N-dealkylation sites (N-methyl/N-ethyl adjacent to an activating group) is 1. The van der Waals surface area contributed by atoms with E-state index in [1.807, 2.05) is 43.3 Å². The number of anilines is 2. The summed E-state index contributed by atoms with van der Waals surface area (Å²) in [6.45, 7) is 6.04. The Kier molecular flexibility index (Phi) is 5.16. The number of carbonyl (C=O) groups is 2. The lowest BCUT2D eigenvalue weighted by molar-refractivity contribution is -0.134. The highest BCUT2D eigenvalue weighted by Gasteiger charge is 2.22. The van der Waals surface area contributed by atoms with E-state index in [0.717, 1.165) is 16.8 Å². The van der Waals surface area contributed by atoms with Crippen LogP contribution in [0.4, 0.5) is 11.4 Å². The Morgan fingerprint density at radius 2 is 1.65 bits per heavy atom. The van der Waals surface area contributed by atoms with Gasteiger partial charge in [0, 0.05) is 18.4 Å². The number of para-hydroxylation sites is 2. The molecule has 0 unspecified atom stereocenters. The number of amides is 2. The van der Waals surface area contributed by atoms with Crippen molar-refractivity contribution in [3.63, 3.8) is 0 Å². The van der Waals surface area contributed by atoms with Crippen LogP contribution >= 0.6 is 0 Å². The van der Waals surface area contributed by atoms with Gasteiger partial charge < -0.3 is 10.2 Å². The van der Waals surface area contributed by atoms with E-state index in [2.05, 4.69) is 19.2 Å². The first-order valence-electron chi connectivity index (χ1n) is 7.65. The van der Waals surface area contributed by atoms with E-state index in [1.54, 1.807) is 19.2 Å². The minimum Gasteiger partial charge on any atom is -0.317 e. The Bertz CT molecular complexity index is 709. The Hall–Kier alpha value is -2.62. The van der Waals surface area contributed by atoms with Gasteiger partial charge in [-0.25, -0.2) is 0 Å². The molecule has 0 aliphatic rings. The van der Waals surface area contributed by atoms with Gasteiger partial charge in [-0.2, -0.15) is 0 Å². The largest absolute Gasteiger partial charge is 0.317 e. The lowest BCUT2D eigenvalue weighted by atomic mass is 9.98. The van der Waals surface area contributed by atoms with Gasteiger partial charge in [0.15, 0.2) is 0 Å². The molecule has 2 rings (SSSR count). The molecule has 0 aliphatic carbocycles. The van der Waals surface area contributed by atoms with Gasteiger partial charge in [0.25, 0.3) is 0 Å². The molecule has 0 bridgehead atoms. The molecule has 1 N–H and O–H groups in total. The van der Waals surface area contributed by atoms with Crippen LogP contribution in [0, 0.1) is 6.92 Å². The van der Waals surface area contributed by atoms with Crippen LogP contribution in [0.2, 0.25) is 0 Å². The first kappa shape index (κ1) is 16.7. The van der Waals surface area contributed by atoms with Crippen molar-refractivity contribution in [2.75, 3.05) is 17.3 Å². The molecule has 23 heavy (non-hydrogen) atoms. The molecule has 0 fully saturated rings. The monoisotopic (exact) mass is 310 g/mol. The molecule has 0 radical (unpaired) electrons. The molecule has 0 aliphatic heterocycles. The molecular weight excluding hydrogens is 288 g/mol. The third-order valence-corrected chi connectivity index (χ3v) is 3.81. The number of carbonyl (C=O) groups excluding carboxylic acids is 2. The molecule has 4 heteroatoms. The maximum absolute atomic E-state index is 12.4. The summed E-state index contributed by atoms with van der Waals surface area (Å²) < 4.78 is 0. The third kappa shape index (κ3) is 3.77. The van der Waals surface area contributed by atoms with Crippen molar-refractivity contribution in [2.45, 2.75) is 26.7 Å². The summed E-state index contributed by atoms with van der Waals surface area (Å²) in [6.07, 6.45) is 0. The lowest BCUT2D eigenvalue weighted by Gasteiger charge is -2.19. The van der Waals surface area contributed by atoms with Gasteiger partial charge in [-0.15, -0.1) is 0 Å². The summed E-state index contributed by atoms with van der Waals surface area (Å²) in [5.74, 6) is -0.964. The molecule has 2 aromatic carbocycles. The predicted molar refractivity (Wildman–Crippen MR) is 93.7 cm³/mol. The van der Waals surface area contributed by atoms with Crippen LogP contribution in [-0.2, 0) is 9.59 Å². The van der Waals surface area contributed by atoms with Crippen molar-refractivity contribution in [1.29, 1.82) is 0 Å². The first-order chi connectivity index (χ1) is 10.9. The molecular formula is C19H22N2O2. The Morgan fingerprint density at radius 3 is 2.26 bits per heavy atom. The van der Waals surface area contributed by atoms with Crippen molar-refractivity contribution in [3.8, 4) is 0 Å². The number of hydrogen-bond donors (Lipinski definition) is 1. The van der Waals surface area contributed by atoms with Gasteiger partial charge in [-0.05, 0) is 36.1 Å². The molecule has 4 nitrogen and oxygen atoms in total. The second kappa shape index (κ2) is 7.09. The van der Waals surface area contributed by atoms with Crippen molar-refractivity contribution in [2.24, 2.45) is 0 Å². The quantitative estimate of drug-likeness (QED) is 0.878. The maximum Gasteiger partial charge on any atom is 0.316 e. The lowest BCUT2D eigenvalue weighted by Crippen LogP contribution is -2.37. The van der Waals surface area contributed by atoms with Crippen LogP contribution in [0.25, 0.3) is 0 Å². The SMILES string of the molecule is Cc1cccc(C(C)C)c1NC(=O)C(=O)N(C)c1ccccc1. The molecule has 2 amide bonds. The van der Waals surface area contributed by atoms with Crippen LogP contribution < -0.4 is 10.2 Å². The maximum atomic E-state index is 12.4. The van der Waals surface area contributed by atoms with Crippen LogP contribution in [0.5, 0.6) is 0 Å². The fourth-order valence-corrected chi connectivity index (χ4v) is 2.43. The molecule has 0 saturated heterocycles. The Balaban J connectivity index is 2.21. The van der Waals surface area contributed by atoms with Gasteiger partial charge in [-0.3, -0.25) is 9.59 Å². The summed E-state index contributed by atoms with van der Waals surface area (Å²) in [4.78, 5) is 26.1. The summed E-state index contributed by atoms with van der Waals surface area (Å²) >= 11 is 0. The standard InChI is InChI=1S/C19H22N2O2/c1-13(2)16-12-8-9-14(3)17(16)20-18(22)19(23)21(4)15-10-6-5-7-11-15/h5-13H,1-4H3,(H,20,22). The summed E-state index contributed by atoms with van der Waals surface area (Å²) in [7, 11) is 1.60. The van der Waals surface area contributed by atoms with Crippen molar-refractivity contribution < 1.29 is 9.59 Å². The highest BCUT2D eigenvalue weighted by Crippen LogP contribution is 2.27. The zero-order valence-electron chi connectivity index (χ0n) is 14.0. The van der Waals surface area contributed by atoms with Gasteiger partial charge in [0.1, 0.15) is 0 Å². The van der Waals surface area contributed by atoms with Gasteiger partial charge in [0.05, 0.1) is 0 Å². The van der Waals surface area contributed by atoms with E-state index in [4.69, 9.17) is 0 Å². The van der Waals surface area contributed by atoms with Gasteiger partial charge >= 0.3 is 11.8 Å². The number of benzene rings is 2. The minimum atomic E-state index is -0.632. The zero-order valence-corrected chi connectivity index (χ0v) is 14.0. The molecule has 0 heterocycles. The summed E-state index contributed by atoms with van der Waals surface area (Å²) in [5.41, 5.74) is 3.37. The Labute approximate surface area is 137 Å². The zero-order chi connectivity index (χ0) is 17.0. The van der Waals surface area contributed by atoms with Crippen molar-refractivity contribution >= 4 is 23.2 Å². The number of aryl methyl sites for hydroxylation is 1. The van der Waals surface area contributed by atoms with Crippen LogP contribution in [0.1, 0.15) is 30.9 Å². The highest BCUT2D eigenvalue weighted by molar-refractivity contribution is 6.44. The van der Waals surface area contributed by atoms with E-state index < -0.39 is 11.8 Å². The van der Waals surface area contributed by atoms with E-state index in [0.29, 0.717) is 5.69 Å². The normalized spacial score (nSPS) is 10.5. The predicted octanol–water partition coefficient (Wildman–Crippen LogP) is 3.72. The average Bonchev–Trinajstić information content (AvgIpc) is 2.55. The van der Waals surface area contributed by atoms with Crippen molar-refractivity contribution in [3.05, 3.63) is 59.7 Å². The number of nitrogens with zero attached hydrogens (tertiary/aromatic N) is 1. The fourth-order valence-electron chi connectivity index (χ4n) is 2.43. The fraction of sp³-hybridized carbons (Fsp3) is 0.263. The number of nitrogens with one attached hydrogen (secondary N) is 1. The van der Waals surface area contributed by atoms with Crippen LogP contribution in [-0.4, -0.2) is 18.9 Å². The molecule has 120 valence electrons. The van der Waals surface area contributed by atoms with Gasteiger partial charge in [0.2, 0.25) is 0 Å². The minimum absolute atomic E-state index is 0.257. The second-order valence-electron chi connectivity index (χ2n) is 5.85. The van der Waals surface area contributed by atoms with E-state index in [9.17, 15) is 9.59 Å².